The molecule has 0 unspecified atom stereocenters. The van der Waals surface area contributed by atoms with Crippen LogP contribution < -0.4 is 10.5 Å². The molecule has 29 heavy (non-hydrogen) atoms. The van der Waals surface area contributed by atoms with Crippen LogP contribution in [0.25, 0.3) is 22.2 Å². The van der Waals surface area contributed by atoms with Gasteiger partial charge in [-0.1, -0.05) is 6.92 Å². The van der Waals surface area contributed by atoms with Gasteiger partial charge in [-0.25, -0.2) is 18.2 Å². The molecule has 0 aliphatic heterocycles. The van der Waals surface area contributed by atoms with Crippen LogP contribution in [0.2, 0.25) is 0 Å². The van der Waals surface area contributed by atoms with Crippen LogP contribution in [0.15, 0.2) is 42.6 Å². The van der Waals surface area contributed by atoms with Gasteiger partial charge < -0.3 is 10.5 Å². The number of ether oxygens (including phenoxy) is 1. The molecule has 0 radical (unpaired) electrons. The van der Waals surface area contributed by atoms with Gasteiger partial charge in [0.2, 0.25) is 0 Å². The van der Waals surface area contributed by atoms with Crippen molar-refractivity contribution in [2.75, 3.05) is 6.61 Å². The van der Waals surface area contributed by atoms with Crippen LogP contribution in [0.1, 0.15) is 39.3 Å². The first-order chi connectivity index (χ1) is 13.6. The average molecular weight is 403 g/mol. The molecule has 0 bridgehead atoms. The fourth-order valence-corrected chi connectivity index (χ4v) is 3.42. The maximum absolute atomic E-state index is 13.7. The zero-order chi connectivity index (χ0) is 21.2. The highest BCUT2D eigenvalue weighted by atomic mass is 19.3. The molecule has 0 fully saturated rings. The summed E-state index contributed by atoms with van der Waals surface area (Å²) in [5.41, 5.74) is 6.59. The minimum atomic E-state index is -2.81. The molecule has 2 heterocycles. The zero-order valence-electron chi connectivity index (χ0n) is 16.6. The van der Waals surface area contributed by atoms with Gasteiger partial charge >= 0.3 is 0 Å². The van der Waals surface area contributed by atoms with Crippen molar-refractivity contribution in [1.82, 2.24) is 9.97 Å². The van der Waals surface area contributed by atoms with E-state index in [0.717, 1.165) is 0 Å². The van der Waals surface area contributed by atoms with Crippen LogP contribution >= 0.6 is 0 Å². The summed E-state index contributed by atoms with van der Waals surface area (Å²) in [6.07, 6.45) is -0.576. The molecule has 7 heteroatoms. The van der Waals surface area contributed by atoms with E-state index >= 15 is 0 Å². The molecule has 4 nitrogen and oxygen atoms in total. The molecule has 2 N–H and O–H groups in total. The first-order valence-electron chi connectivity index (χ1n) is 9.39. The lowest BCUT2D eigenvalue weighted by Crippen LogP contribution is -2.35. The van der Waals surface area contributed by atoms with Crippen molar-refractivity contribution in [2.24, 2.45) is 11.7 Å². The SMILES string of the molecule is C[C@H](COc1ccc(-c2ccnc3ccc(F)cc23)nc1C(F)F)CC(C)(C)N. The largest absolute Gasteiger partial charge is 0.491 e. The smallest absolute Gasteiger partial charge is 0.284 e. The Bertz CT molecular complexity index is 1000. The van der Waals surface area contributed by atoms with E-state index in [1.807, 2.05) is 20.8 Å². The van der Waals surface area contributed by atoms with Crippen molar-refractivity contribution in [2.45, 2.75) is 39.2 Å². The molecule has 0 saturated heterocycles. The number of halogens is 3. The van der Waals surface area contributed by atoms with Gasteiger partial charge in [0.1, 0.15) is 17.3 Å². The molecule has 0 saturated carbocycles. The number of hydrogen-bond donors (Lipinski definition) is 1. The summed E-state index contributed by atoms with van der Waals surface area (Å²) in [7, 11) is 0. The molecule has 2 aromatic heterocycles. The maximum atomic E-state index is 13.7. The van der Waals surface area contributed by atoms with E-state index in [-0.39, 0.29) is 23.8 Å². The summed E-state index contributed by atoms with van der Waals surface area (Å²) in [5.74, 6) is -0.306. The van der Waals surface area contributed by atoms with Gasteiger partial charge in [0, 0.05) is 22.7 Å². The summed E-state index contributed by atoms with van der Waals surface area (Å²) < 4.78 is 46.7. The first kappa shape index (κ1) is 21.0. The number of nitrogens with two attached hydrogens (primary N) is 1. The lowest BCUT2D eigenvalue weighted by atomic mass is 9.93. The van der Waals surface area contributed by atoms with E-state index in [9.17, 15) is 13.2 Å². The van der Waals surface area contributed by atoms with Gasteiger partial charge in [-0.3, -0.25) is 4.98 Å². The Kier molecular flexibility index (Phi) is 6.07. The lowest BCUT2D eigenvalue weighted by Gasteiger charge is -2.23. The third-order valence-corrected chi connectivity index (χ3v) is 4.47. The summed E-state index contributed by atoms with van der Waals surface area (Å²) in [5, 5.41) is 0.507. The summed E-state index contributed by atoms with van der Waals surface area (Å²) in [4.78, 5) is 8.31. The second-order valence-electron chi connectivity index (χ2n) is 8.01. The summed E-state index contributed by atoms with van der Waals surface area (Å²) in [6, 6.07) is 8.87. The van der Waals surface area contributed by atoms with E-state index in [1.165, 1.54) is 18.2 Å². The maximum Gasteiger partial charge on any atom is 0.284 e. The third kappa shape index (κ3) is 5.23. The fraction of sp³-hybridized carbons (Fsp3) is 0.364. The molecular weight excluding hydrogens is 379 g/mol. The van der Waals surface area contributed by atoms with Crippen molar-refractivity contribution < 1.29 is 17.9 Å². The van der Waals surface area contributed by atoms with Crippen molar-refractivity contribution >= 4 is 10.9 Å². The molecule has 3 rings (SSSR count). The Morgan fingerprint density at radius 2 is 1.90 bits per heavy atom. The second kappa shape index (κ2) is 8.37. The minimum Gasteiger partial charge on any atom is -0.491 e. The second-order valence-corrected chi connectivity index (χ2v) is 8.01. The van der Waals surface area contributed by atoms with Gasteiger partial charge in [-0.05, 0) is 62.6 Å². The number of benzene rings is 1. The van der Waals surface area contributed by atoms with Crippen LogP contribution in [-0.4, -0.2) is 22.1 Å². The predicted molar refractivity (Wildman–Crippen MR) is 107 cm³/mol. The molecule has 1 atom stereocenters. The summed E-state index contributed by atoms with van der Waals surface area (Å²) >= 11 is 0. The highest BCUT2D eigenvalue weighted by Crippen LogP contribution is 2.33. The monoisotopic (exact) mass is 403 g/mol. The predicted octanol–water partition coefficient (Wildman–Crippen LogP) is 5.52. The van der Waals surface area contributed by atoms with Gasteiger partial charge in [-0.2, -0.15) is 0 Å². The molecule has 0 spiro atoms. The van der Waals surface area contributed by atoms with E-state index in [0.29, 0.717) is 28.6 Å². The van der Waals surface area contributed by atoms with E-state index in [2.05, 4.69) is 9.97 Å². The van der Waals surface area contributed by atoms with Crippen LogP contribution in [0.4, 0.5) is 13.2 Å². The molecule has 0 aliphatic carbocycles. The van der Waals surface area contributed by atoms with Gasteiger partial charge in [0.05, 0.1) is 17.8 Å². The van der Waals surface area contributed by atoms with E-state index in [4.69, 9.17) is 10.5 Å². The van der Waals surface area contributed by atoms with E-state index < -0.39 is 17.9 Å². The lowest BCUT2D eigenvalue weighted by molar-refractivity contribution is 0.136. The molecule has 3 aromatic rings. The zero-order valence-corrected chi connectivity index (χ0v) is 16.6. The Labute approximate surface area is 167 Å². The molecule has 154 valence electrons. The number of aromatic nitrogens is 2. The topological polar surface area (TPSA) is 61.0 Å². The fourth-order valence-electron chi connectivity index (χ4n) is 3.42. The molecule has 1 aromatic carbocycles. The van der Waals surface area contributed by atoms with Gasteiger partial charge in [0.25, 0.3) is 6.43 Å². The standard InChI is InChI=1S/C22H24F3N3O/c1-13(11-22(2,3)26)12-29-19-7-6-18(28-20(19)21(24)25)15-8-9-27-17-5-4-14(23)10-16(15)17/h4-10,13,21H,11-12,26H2,1-3H3/t13-/m0/s1. The van der Waals surface area contributed by atoms with Crippen molar-refractivity contribution in [1.29, 1.82) is 0 Å². The summed E-state index contributed by atoms with van der Waals surface area (Å²) in [6.45, 7) is 6.03. The normalized spacial score (nSPS) is 13.1. The first-order valence-corrected chi connectivity index (χ1v) is 9.39. The minimum absolute atomic E-state index is 0.0370. The number of alkyl halides is 2. The van der Waals surface area contributed by atoms with Crippen molar-refractivity contribution in [3.63, 3.8) is 0 Å². The third-order valence-electron chi connectivity index (χ3n) is 4.47. The molecular formula is C22H24F3N3O. The van der Waals surface area contributed by atoms with Gasteiger partial charge in [-0.15, -0.1) is 0 Å². The number of nitrogens with zero attached hydrogens (tertiary/aromatic N) is 2. The van der Waals surface area contributed by atoms with Crippen LogP contribution in [0.3, 0.4) is 0 Å². The van der Waals surface area contributed by atoms with Crippen LogP contribution in [0, 0.1) is 11.7 Å². The number of hydrogen-bond acceptors (Lipinski definition) is 4. The number of pyridine rings is 2. The highest BCUT2D eigenvalue weighted by molar-refractivity contribution is 5.93. The Balaban J connectivity index is 1.92. The van der Waals surface area contributed by atoms with Crippen molar-refractivity contribution in [3.05, 3.63) is 54.1 Å². The van der Waals surface area contributed by atoms with Crippen molar-refractivity contribution in [3.8, 4) is 17.0 Å². The highest BCUT2D eigenvalue weighted by Gasteiger charge is 2.21. The Hall–Kier alpha value is -2.67. The number of fused-ring (bicyclic) bond motifs is 1. The van der Waals surface area contributed by atoms with E-state index in [1.54, 1.807) is 24.4 Å². The van der Waals surface area contributed by atoms with Gasteiger partial charge in [0.15, 0.2) is 0 Å². The van der Waals surface area contributed by atoms with Crippen LogP contribution in [-0.2, 0) is 0 Å². The number of rotatable bonds is 7. The molecule has 0 aliphatic rings. The average Bonchev–Trinajstić information content (AvgIpc) is 2.64. The quantitative estimate of drug-likeness (QED) is 0.565. The van der Waals surface area contributed by atoms with Crippen LogP contribution in [0.5, 0.6) is 5.75 Å². The Morgan fingerprint density at radius 3 is 2.59 bits per heavy atom. The Morgan fingerprint density at radius 1 is 1.14 bits per heavy atom. The molecule has 0 amide bonds.